The van der Waals surface area contributed by atoms with Crippen LogP contribution in [0.4, 0.5) is 0 Å². The van der Waals surface area contributed by atoms with Gasteiger partial charge in [0.25, 0.3) is 0 Å². The van der Waals surface area contributed by atoms with Crippen LogP contribution in [0.1, 0.15) is 22.0 Å². The fourth-order valence-corrected chi connectivity index (χ4v) is 3.64. The number of halogens is 1. The largest absolute Gasteiger partial charge is 0.496 e. The third kappa shape index (κ3) is 3.38. The van der Waals surface area contributed by atoms with E-state index in [1.807, 2.05) is 19.2 Å². The van der Waals surface area contributed by atoms with Gasteiger partial charge in [-0.3, -0.25) is 0 Å². The third-order valence-electron chi connectivity index (χ3n) is 3.23. The first-order valence-electron chi connectivity index (χ1n) is 6.19. The normalized spacial score (nSPS) is 12.4. The zero-order chi connectivity index (χ0) is 13.8. The Morgan fingerprint density at radius 1 is 1.37 bits per heavy atom. The Labute approximate surface area is 126 Å². The molecule has 1 heterocycles. The summed E-state index contributed by atoms with van der Waals surface area (Å²) in [5.74, 6) is 0.942. The van der Waals surface area contributed by atoms with Crippen molar-refractivity contribution in [3.05, 3.63) is 50.1 Å². The van der Waals surface area contributed by atoms with Gasteiger partial charge in [0.1, 0.15) is 5.75 Å². The first-order valence-corrected chi connectivity index (χ1v) is 7.86. The Balaban J connectivity index is 2.28. The summed E-state index contributed by atoms with van der Waals surface area (Å²) in [6, 6.07) is 8.64. The number of benzene rings is 1. The number of nitrogens with one attached hydrogen (secondary N) is 1. The summed E-state index contributed by atoms with van der Waals surface area (Å²) in [4.78, 5) is 1.39. The molecule has 1 aromatic heterocycles. The van der Waals surface area contributed by atoms with E-state index in [0.29, 0.717) is 6.04 Å². The highest BCUT2D eigenvalue weighted by Crippen LogP contribution is 2.31. The van der Waals surface area contributed by atoms with Crippen molar-refractivity contribution in [1.82, 2.24) is 5.32 Å². The van der Waals surface area contributed by atoms with Crippen molar-refractivity contribution in [1.29, 1.82) is 0 Å². The second kappa shape index (κ2) is 6.55. The predicted molar refractivity (Wildman–Crippen MR) is 85.3 cm³/mol. The Kier molecular flexibility index (Phi) is 5.02. The van der Waals surface area contributed by atoms with E-state index >= 15 is 0 Å². The summed E-state index contributed by atoms with van der Waals surface area (Å²) in [6.07, 6.45) is 0.917. The Bertz CT molecular complexity index is 553. The molecule has 2 nitrogen and oxygen atoms in total. The van der Waals surface area contributed by atoms with Crippen molar-refractivity contribution < 1.29 is 4.74 Å². The van der Waals surface area contributed by atoms with Crippen molar-refractivity contribution in [2.24, 2.45) is 0 Å². The third-order valence-corrected chi connectivity index (χ3v) is 4.86. The van der Waals surface area contributed by atoms with Crippen LogP contribution in [-0.2, 0) is 6.42 Å². The first-order chi connectivity index (χ1) is 9.15. The molecule has 1 N–H and O–H groups in total. The number of likely N-dealkylation sites (N-methyl/N-ethyl adjacent to an activating group) is 1. The molecule has 0 spiro atoms. The molecule has 0 aliphatic heterocycles. The average molecular weight is 340 g/mol. The lowest BCUT2D eigenvalue weighted by molar-refractivity contribution is 0.406. The van der Waals surface area contributed by atoms with Gasteiger partial charge in [0.2, 0.25) is 0 Å². The van der Waals surface area contributed by atoms with Crippen LogP contribution < -0.4 is 10.1 Å². The molecule has 0 fully saturated rings. The highest BCUT2D eigenvalue weighted by atomic mass is 79.9. The van der Waals surface area contributed by atoms with Gasteiger partial charge in [-0.05, 0) is 61.2 Å². The summed E-state index contributed by atoms with van der Waals surface area (Å²) in [5, 5.41) is 5.55. The first kappa shape index (κ1) is 14.6. The molecule has 1 aromatic carbocycles. The van der Waals surface area contributed by atoms with Crippen molar-refractivity contribution in [3.8, 4) is 5.75 Å². The second-order valence-corrected chi connectivity index (χ2v) is 6.33. The molecule has 1 unspecified atom stereocenters. The van der Waals surface area contributed by atoms with E-state index in [9.17, 15) is 0 Å². The lowest BCUT2D eigenvalue weighted by atomic mass is 10.0. The van der Waals surface area contributed by atoms with E-state index in [2.05, 4.69) is 45.7 Å². The van der Waals surface area contributed by atoms with Crippen molar-refractivity contribution in [2.75, 3.05) is 14.2 Å². The van der Waals surface area contributed by atoms with E-state index < -0.39 is 0 Å². The zero-order valence-electron chi connectivity index (χ0n) is 11.4. The van der Waals surface area contributed by atoms with Gasteiger partial charge in [-0.15, -0.1) is 11.3 Å². The SMILES string of the molecule is CNC(Cc1cc(Br)ccc1OC)c1sccc1C. The molecule has 0 amide bonds. The number of methoxy groups -OCH3 is 1. The van der Waals surface area contributed by atoms with Crippen LogP contribution in [0.15, 0.2) is 34.1 Å². The predicted octanol–water partition coefficient (Wildman–Crippen LogP) is 4.33. The molecular formula is C15H18BrNOS. The summed E-state index contributed by atoms with van der Waals surface area (Å²) >= 11 is 5.33. The minimum atomic E-state index is 0.322. The highest BCUT2D eigenvalue weighted by Gasteiger charge is 2.16. The van der Waals surface area contributed by atoms with E-state index in [1.165, 1.54) is 16.0 Å². The molecule has 0 saturated carbocycles. The van der Waals surface area contributed by atoms with E-state index in [0.717, 1.165) is 16.6 Å². The number of aryl methyl sites for hydroxylation is 1. The average Bonchev–Trinajstić information content (AvgIpc) is 2.82. The summed E-state index contributed by atoms with van der Waals surface area (Å²) in [6.45, 7) is 2.16. The molecule has 0 aliphatic carbocycles. The molecule has 1 atom stereocenters. The van der Waals surface area contributed by atoms with Crippen LogP contribution >= 0.6 is 27.3 Å². The van der Waals surface area contributed by atoms with Gasteiger partial charge in [-0.2, -0.15) is 0 Å². The molecule has 2 aromatic rings. The van der Waals surface area contributed by atoms with E-state index in [1.54, 1.807) is 18.4 Å². The molecule has 19 heavy (non-hydrogen) atoms. The van der Waals surface area contributed by atoms with Crippen molar-refractivity contribution >= 4 is 27.3 Å². The lowest BCUT2D eigenvalue weighted by Gasteiger charge is -2.18. The van der Waals surface area contributed by atoms with Crippen LogP contribution in [-0.4, -0.2) is 14.2 Å². The smallest absolute Gasteiger partial charge is 0.122 e. The quantitative estimate of drug-likeness (QED) is 0.875. The number of rotatable bonds is 5. The van der Waals surface area contributed by atoms with Crippen molar-refractivity contribution in [3.63, 3.8) is 0 Å². The maximum Gasteiger partial charge on any atom is 0.122 e. The van der Waals surface area contributed by atoms with E-state index in [4.69, 9.17) is 4.74 Å². The fourth-order valence-electron chi connectivity index (χ4n) is 2.19. The van der Waals surface area contributed by atoms with Crippen LogP contribution in [0.5, 0.6) is 5.75 Å². The second-order valence-electron chi connectivity index (χ2n) is 4.47. The van der Waals surface area contributed by atoms with Gasteiger partial charge < -0.3 is 10.1 Å². The van der Waals surface area contributed by atoms with Gasteiger partial charge >= 0.3 is 0 Å². The molecule has 0 aliphatic rings. The van der Waals surface area contributed by atoms with Crippen molar-refractivity contribution in [2.45, 2.75) is 19.4 Å². The molecule has 0 saturated heterocycles. The van der Waals surface area contributed by atoms with Gasteiger partial charge in [0, 0.05) is 15.4 Å². The minimum Gasteiger partial charge on any atom is -0.496 e. The lowest BCUT2D eigenvalue weighted by Crippen LogP contribution is -2.18. The summed E-state index contributed by atoms with van der Waals surface area (Å²) < 4.78 is 6.53. The summed E-state index contributed by atoms with van der Waals surface area (Å²) in [5.41, 5.74) is 2.56. The molecule has 102 valence electrons. The Hall–Kier alpha value is -0.840. The molecule has 0 radical (unpaired) electrons. The van der Waals surface area contributed by atoms with Gasteiger partial charge in [0.05, 0.1) is 7.11 Å². The maximum absolute atomic E-state index is 5.45. The van der Waals surface area contributed by atoms with Crippen LogP contribution in [0.25, 0.3) is 0 Å². The van der Waals surface area contributed by atoms with Crippen LogP contribution in [0, 0.1) is 6.92 Å². The fraction of sp³-hybridized carbons (Fsp3) is 0.333. The molecule has 0 bridgehead atoms. The standard InChI is InChI=1S/C15H18BrNOS/c1-10-6-7-19-15(10)13(17-2)9-11-8-12(16)4-5-14(11)18-3/h4-8,13,17H,9H2,1-3H3. The Morgan fingerprint density at radius 2 is 2.16 bits per heavy atom. The topological polar surface area (TPSA) is 21.3 Å². The number of hydrogen-bond donors (Lipinski definition) is 1. The minimum absolute atomic E-state index is 0.322. The maximum atomic E-state index is 5.45. The Morgan fingerprint density at radius 3 is 2.74 bits per heavy atom. The summed E-state index contributed by atoms with van der Waals surface area (Å²) in [7, 11) is 3.73. The highest BCUT2D eigenvalue weighted by molar-refractivity contribution is 9.10. The number of ether oxygens (including phenoxy) is 1. The molecule has 4 heteroatoms. The van der Waals surface area contributed by atoms with E-state index in [-0.39, 0.29) is 0 Å². The van der Waals surface area contributed by atoms with Gasteiger partial charge in [0.15, 0.2) is 0 Å². The zero-order valence-corrected chi connectivity index (χ0v) is 13.8. The van der Waals surface area contributed by atoms with Crippen LogP contribution in [0.2, 0.25) is 0 Å². The van der Waals surface area contributed by atoms with Crippen LogP contribution in [0.3, 0.4) is 0 Å². The molecule has 2 rings (SSSR count). The number of hydrogen-bond acceptors (Lipinski definition) is 3. The molecular weight excluding hydrogens is 322 g/mol. The van der Waals surface area contributed by atoms with Gasteiger partial charge in [-0.1, -0.05) is 15.9 Å². The van der Waals surface area contributed by atoms with Gasteiger partial charge in [-0.25, -0.2) is 0 Å². The number of thiophene rings is 1. The monoisotopic (exact) mass is 339 g/mol.